The normalized spacial score (nSPS) is 17.4. The lowest BCUT2D eigenvalue weighted by molar-refractivity contribution is -0.384. The molecule has 0 spiro atoms. The Morgan fingerprint density at radius 3 is 2.55 bits per heavy atom. The number of nitrogens with zero attached hydrogens (tertiary/aromatic N) is 5. The first-order chi connectivity index (χ1) is 31.2. The van der Waals surface area contributed by atoms with Gasteiger partial charge in [0, 0.05) is 73.2 Å². The molecule has 65 heavy (non-hydrogen) atoms. The average molecular weight is 913 g/mol. The van der Waals surface area contributed by atoms with Crippen molar-refractivity contribution in [2.45, 2.75) is 44.0 Å². The van der Waals surface area contributed by atoms with Crippen LogP contribution in [0.1, 0.15) is 66.2 Å². The van der Waals surface area contributed by atoms with Gasteiger partial charge in [0.1, 0.15) is 23.8 Å². The number of nitro benzene ring substituents is 1. The van der Waals surface area contributed by atoms with Gasteiger partial charge >= 0.3 is 0 Å². The summed E-state index contributed by atoms with van der Waals surface area (Å²) >= 11 is 6.24. The Labute approximate surface area is 380 Å². The lowest BCUT2D eigenvalue weighted by Gasteiger charge is -2.39. The molecule has 0 radical (unpaired) electrons. The van der Waals surface area contributed by atoms with Crippen molar-refractivity contribution in [2.75, 3.05) is 49.5 Å². The molecular formula is C48H45ClN8O7S. The number of amides is 1. The molecule has 6 aromatic rings. The predicted molar refractivity (Wildman–Crippen MR) is 248 cm³/mol. The molecular weight excluding hydrogens is 868 g/mol. The molecule has 15 nitrogen and oxygen atoms in total. The van der Waals surface area contributed by atoms with Crippen LogP contribution in [0.15, 0.2) is 114 Å². The number of piperazine rings is 1. The number of nitrogens with one attached hydrogen (secondary N) is 3. The largest absolute Gasteiger partial charge is 0.489 e. The maximum absolute atomic E-state index is 14.1. The molecule has 3 N–H and O–H groups in total. The van der Waals surface area contributed by atoms with Gasteiger partial charge in [0.15, 0.2) is 11.4 Å². The van der Waals surface area contributed by atoms with Crippen LogP contribution < -0.4 is 24.4 Å². The van der Waals surface area contributed by atoms with Crippen LogP contribution in [0, 0.1) is 26.9 Å². The van der Waals surface area contributed by atoms with Gasteiger partial charge in [-0.2, -0.15) is 5.26 Å². The van der Waals surface area contributed by atoms with Gasteiger partial charge in [-0.25, -0.2) is 18.1 Å². The molecule has 0 saturated carbocycles. The fourth-order valence-electron chi connectivity index (χ4n) is 8.71. The third-order valence-electron chi connectivity index (χ3n) is 12.3. The van der Waals surface area contributed by atoms with E-state index in [0.717, 1.165) is 67.1 Å². The first-order valence-electron chi connectivity index (χ1n) is 21.2. The molecule has 3 aliphatic rings. The number of nitriles is 1. The molecule has 0 unspecified atom stereocenters. The molecule has 1 fully saturated rings. The number of aromatic nitrogens is 2. The molecule has 332 valence electrons. The number of halogens is 1. The summed E-state index contributed by atoms with van der Waals surface area (Å²) in [6, 6.07) is 26.9. The second kappa shape index (κ2) is 17.6. The van der Waals surface area contributed by atoms with Crippen LogP contribution in [0.5, 0.6) is 17.2 Å². The highest BCUT2D eigenvalue weighted by molar-refractivity contribution is 7.90. The van der Waals surface area contributed by atoms with E-state index in [0.29, 0.717) is 35.6 Å². The highest BCUT2D eigenvalue weighted by Gasteiger charge is 2.33. The van der Waals surface area contributed by atoms with Gasteiger partial charge in [-0.3, -0.25) is 19.8 Å². The van der Waals surface area contributed by atoms with Gasteiger partial charge in [-0.05, 0) is 89.9 Å². The summed E-state index contributed by atoms with van der Waals surface area (Å²) in [6.45, 7) is 8.53. The molecule has 2 aliphatic heterocycles. The molecule has 1 amide bonds. The number of fused-ring (bicyclic) bond motifs is 2. The summed E-state index contributed by atoms with van der Waals surface area (Å²) in [4.78, 5) is 37.3. The van der Waals surface area contributed by atoms with Crippen molar-refractivity contribution in [3.8, 4) is 23.3 Å². The summed E-state index contributed by atoms with van der Waals surface area (Å²) < 4.78 is 42.1. The van der Waals surface area contributed by atoms with Gasteiger partial charge in [-0.1, -0.05) is 55.3 Å². The molecule has 4 heterocycles. The van der Waals surface area contributed by atoms with Gasteiger partial charge < -0.3 is 24.7 Å². The number of anilines is 2. The molecule has 1 aliphatic carbocycles. The molecule has 17 heteroatoms. The zero-order chi connectivity index (χ0) is 45.5. The fraction of sp³-hybridized carbons (Fsp3) is 0.271. The zero-order valence-corrected chi connectivity index (χ0v) is 37.2. The first-order valence-corrected chi connectivity index (χ1v) is 23.1. The van der Waals surface area contributed by atoms with Crippen molar-refractivity contribution in [1.29, 1.82) is 5.26 Å². The number of ether oxygens (including phenoxy) is 2. The molecule has 1 atom stereocenters. The first kappa shape index (κ1) is 43.3. The molecule has 9 rings (SSSR count). The number of benzene rings is 4. The molecule has 1 saturated heterocycles. The van der Waals surface area contributed by atoms with E-state index in [1.165, 1.54) is 29.0 Å². The monoisotopic (exact) mass is 912 g/mol. The van der Waals surface area contributed by atoms with Gasteiger partial charge in [0.05, 0.1) is 39.3 Å². The molecule has 2 aromatic heterocycles. The second-order valence-electron chi connectivity index (χ2n) is 17.3. The van der Waals surface area contributed by atoms with Crippen LogP contribution in [-0.4, -0.2) is 73.4 Å². The topological polar surface area (TPSA) is 196 Å². The minimum atomic E-state index is -4.70. The maximum atomic E-state index is 14.1. The highest BCUT2D eigenvalue weighted by Crippen LogP contribution is 2.45. The van der Waals surface area contributed by atoms with Crippen molar-refractivity contribution in [1.82, 2.24) is 19.6 Å². The van der Waals surface area contributed by atoms with Crippen LogP contribution in [0.3, 0.4) is 0 Å². The van der Waals surface area contributed by atoms with E-state index in [1.807, 2.05) is 24.3 Å². The number of sulfonamides is 1. The second-order valence-corrected chi connectivity index (χ2v) is 19.4. The van der Waals surface area contributed by atoms with Crippen LogP contribution in [-0.2, 0) is 10.0 Å². The number of aromatic amines is 1. The van der Waals surface area contributed by atoms with Gasteiger partial charge in [-0.15, -0.1) is 0 Å². The van der Waals surface area contributed by atoms with E-state index in [-0.39, 0.29) is 34.8 Å². The number of rotatable bonds is 11. The van der Waals surface area contributed by atoms with E-state index >= 15 is 0 Å². The number of carbonyl (C=O) groups is 1. The van der Waals surface area contributed by atoms with E-state index < -0.39 is 37.5 Å². The summed E-state index contributed by atoms with van der Waals surface area (Å²) in [5.41, 5.74) is 6.21. The lowest BCUT2D eigenvalue weighted by Crippen LogP contribution is -2.47. The smallest absolute Gasteiger partial charge is 0.297 e. The van der Waals surface area contributed by atoms with Crippen LogP contribution in [0.25, 0.3) is 16.6 Å². The van der Waals surface area contributed by atoms with E-state index in [1.54, 1.807) is 48.7 Å². The molecule has 0 bridgehead atoms. The standard InChI is InChI=1S/C48H45ClN8O7S/c1-48(2)15-13-34(40(25-48)31-7-9-35(49)10-8-31)28-55-17-19-56(20-18-55)36-11-12-39(43(22-36)64-37-21-33-14-16-51-46(33)52-27-37)47(58)54-65(61,62)38-23-42(57(59)60)45-44(24-38)63-29-41(53-45)32-5-3-30(26-50)4-6-32/h3-12,14,16,21-24,27,41,53H,13,15,17-20,25,28-29H2,1-2H3,(H,51,52)(H,54,58)/t41-/m0/s1. The van der Waals surface area contributed by atoms with Crippen molar-refractivity contribution in [3.63, 3.8) is 0 Å². The van der Waals surface area contributed by atoms with Crippen molar-refractivity contribution in [3.05, 3.63) is 146 Å². The number of nitro groups is 1. The van der Waals surface area contributed by atoms with Crippen LogP contribution in [0.2, 0.25) is 5.02 Å². The number of carbonyl (C=O) groups excluding carboxylic acids is 1. The summed E-state index contributed by atoms with van der Waals surface area (Å²) in [7, 11) is -4.70. The highest BCUT2D eigenvalue weighted by atomic mass is 35.5. The average Bonchev–Trinajstić information content (AvgIpc) is 3.77. The number of pyridine rings is 1. The van der Waals surface area contributed by atoms with E-state index in [2.05, 4.69) is 55.8 Å². The fourth-order valence-corrected chi connectivity index (χ4v) is 9.84. The Morgan fingerprint density at radius 2 is 1.82 bits per heavy atom. The van der Waals surface area contributed by atoms with Gasteiger partial charge in [0.2, 0.25) is 0 Å². The third-order valence-corrected chi connectivity index (χ3v) is 13.9. The Morgan fingerprint density at radius 1 is 1.05 bits per heavy atom. The number of H-pyrrole nitrogens is 1. The SMILES string of the molecule is CC1(C)CCC(CN2CCN(c3ccc(C(=O)NS(=O)(=O)c4cc5c(c([N+](=O)[O-])c4)N[C@H](c4ccc(C#N)cc4)CO5)c(Oc4cnc5[nH]ccc5c4)c3)CC2)=C(c2ccc(Cl)cc2)C1. The lowest BCUT2D eigenvalue weighted by atomic mass is 9.72. The quantitative estimate of drug-likeness (QED) is 0.0825. The Balaban J connectivity index is 0.951. The molecule has 4 aromatic carbocycles. The van der Waals surface area contributed by atoms with Gasteiger partial charge in [0.25, 0.3) is 21.6 Å². The Hall–Kier alpha value is -6.93. The van der Waals surface area contributed by atoms with Crippen LogP contribution in [0.4, 0.5) is 17.1 Å². The summed E-state index contributed by atoms with van der Waals surface area (Å²) in [6.07, 6.45) is 6.41. The van der Waals surface area contributed by atoms with E-state index in [9.17, 15) is 28.6 Å². The number of allylic oxidation sites excluding steroid dienone is 1. The van der Waals surface area contributed by atoms with Crippen molar-refractivity contribution < 1.29 is 27.6 Å². The Bertz CT molecular complexity index is 3010. The predicted octanol–water partition coefficient (Wildman–Crippen LogP) is 9.24. The van der Waals surface area contributed by atoms with E-state index in [4.69, 9.17) is 21.1 Å². The summed E-state index contributed by atoms with van der Waals surface area (Å²) in [5.74, 6) is -0.660. The van der Waals surface area contributed by atoms with Crippen molar-refractivity contribution in [2.24, 2.45) is 5.41 Å². The van der Waals surface area contributed by atoms with Crippen LogP contribution >= 0.6 is 11.6 Å². The van der Waals surface area contributed by atoms with Crippen molar-refractivity contribution >= 4 is 61.2 Å². The minimum absolute atomic E-state index is 0.0131. The number of hydrogen-bond acceptors (Lipinski definition) is 12. The summed E-state index contributed by atoms with van der Waals surface area (Å²) in [5, 5.41) is 26.1. The zero-order valence-electron chi connectivity index (χ0n) is 35.6. The maximum Gasteiger partial charge on any atom is 0.297 e. The number of hydrogen-bond donors (Lipinski definition) is 3. The third kappa shape index (κ3) is 9.35. The minimum Gasteiger partial charge on any atom is -0.489 e. The Kier molecular flexibility index (Phi) is 11.7.